The summed E-state index contributed by atoms with van der Waals surface area (Å²) in [5.41, 5.74) is -0.368. The molecule has 1 heterocycles. The highest BCUT2D eigenvalue weighted by molar-refractivity contribution is 5.78. The maximum absolute atomic E-state index is 11.6. The number of esters is 1. The van der Waals surface area contributed by atoms with Gasteiger partial charge >= 0.3 is 5.97 Å². The van der Waals surface area contributed by atoms with Gasteiger partial charge in [0.1, 0.15) is 5.60 Å². The van der Waals surface area contributed by atoms with Crippen LogP contribution in [0.25, 0.3) is 0 Å². The number of rotatable bonds is 0. The molecule has 68 valence electrons. The second-order valence-electron chi connectivity index (χ2n) is 5.00. The van der Waals surface area contributed by atoms with Gasteiger partial charge in [-0.1, -0.05) is 0 Å². The predicted molar refractivity (Wildman–Crippen MR) is 45.6 cm³/mol. The number of hydrogen-bond acceptors (Lipinski definition) is 2. The minimum atomic E-state index is -0.240. The molecule has 2 unspecified atom stereocenters. The van der Waals surface area contributed by atoms with Gasteiger partial charge in [-0.2, -0.15) is 0 Å². The molecular weight excluding hydrogens is 152 g/mol. The molecule has 2 heteroatoms. The smallest absolute Gasteiger partial charge is 0.312 e. The first kappa shape index (κ1) is 8.09. The van der Waals surface area contributed by atoms with Crippen molar-refractivity contribution >= 4 is 5.97 Å². The molecule has 1 aliphatic heterocycles. The third-order valence-corrected chi connectivity index (χ3v) is 3.59. The van der Waals surface area contributed by atoms with Crippen molar-refractivity contribution in [2.45, 2.75) is 45.6 Å². The van der Waals surface area contributed by atoms with Crippen LogP contribution >= 0.6 is 0 Å². The first-order chi connectivity index (χ1) is 5.44. The summed E-state index contributed by atoms with van der Waals surface area (Å²) >= 11 is 0. The Labute approximate surface area is 73.3 Å². The summed E-state index contributed by atoms with van der Waals surface area (Å²) in [6.45, 7) is 6.07. The molecule has 1 saturated heterocycles. The lowest BCUT2D eigenvalue weighted by atomic mass is 9.75. The number of carbonyl (C=O) groups is 1. The second-order valence-corrected chi connectivity index (χ2v) is 5.00. The molecule has 0 spiro atoms. The summed E-state index contributed by atoms with van der Waals surface area (Å²) in [6, 6.07) is 0. The Bertz CT molecular complexity index is 232. The van der Waals surface area contributed by atoms with Crippen LogP contribution in [0.4, 0.5) is 0 Å². The molecule has 0 aromatic rings. The van der Waals surface area contributed by atoms with E-state index in [1.807, 2.05) is 13.8 Å². The summed E-state index contributed by atoms with van der Waals surface area (Å²) in [5, 5.41) is 0. The molecule has 0 radical (unpaired) electrons. The molecule has 2 fully saturated rings. The fourth-order valence-corrected chi connectivity index (χ4v) is 2.44. The molecule has 2 bridgehead atoms. The number of ether oxygens (including phenoxy) is 1. The van der Waals surface area contributed by atoms with E-state index < -0.39 is 0 Å². The Morgan fingerprint density at radius 2 is 2.08 bits per heavy atom. The molecule has 2 rings (SSSR count). The van der Waals surface area contributed by atoms with Crippen LogP contribution in [0.15, 0.2) is 0 Å². The van der Waals surface area contributed by atoms with Crippen molar-refractivity contribution in [1.29, 1.82) is 0 Å². The van der Waals surface area contributed by atoms with Crippen LogP contribution < -0.4 is 0 Å². The van der Waals surface area contributed by atoms with Crippen molar-refractivity contribution in [3.05, 3.63) is 0 Å². The van der Waals surface area contributed by atoms with E-state index in [1.54, 1.807) is 0 Å². The van der Waals surface area contributed by atoms with E-state index in [2.05, 4.69) is 6.92 Å². The highest BCUT2D eigenvalue weighted by Gasteiger charge is 2.53. The largest absolute Gasteiger partial charge is 0.459 e. The van der Waals surface area contributed by atoms with E-state index in [9.17, 15) is 4.79 Å². The number of carbonyl (C=O) groups excluding carboxylic acids is 1. The van der Waals surface area contributed by atoms with Crippen molar-refractivity contribution in [1.82, 2.24) is 0 Å². The third-order valence-electron chi connectivity index (χ3n) is 3.59. The van der Waals surface area contributed by atoms with Crippen LogP contribution in [0, 0.1) is 11.3 Å². The highest BCUT2D eigenvalue weighted by Crippen LogP contribution is 2.51. The summed E-state index contributed by atoms with van der Waals surface area (Å²) in [4.78, 5) is 11.6. The topological polar surface area (TPSA) is 26.3 Å². The molecule has 0 amide bonds. The molecule has 12 heavy (non-hydrogen) atoms. The van der Waals surface area contributed by atoms with Gasteiger partial charge < -0.3 is 4.74 Å². The van der Waals surface area contributed by atoms with Crippen LogP contribution in [-0.4, -0.2) is 11.6 Å². The maximum Gasteiger partial charge on any atom is 0.312 e. The first-order valence-corrected chi connectivity index (χ1v) is 4.67. The van der Waals surface area contributed by atoms with Gasteiger partial charge in [0.25, 0.3) is 0 Å². The van der Waals surface area contributed by atoms with Gasteiger partial charge in [-0.15, -0.1) is 0 Å². The molecule has 1 aliphatic carbocycles. The maximum atomic E-state index is 11.6. The summed E-state index contributed by atoms with van der Waals surface area (Å²) in [6.07, 6.45) is 3.26. The van der Waals surface area contributed by atoms with Crippen LogP contribution in [-0.2, 0) is 9.53 Å². The minimum absolute atomic E-state index is 0.00116. The highest BCUT2D eigenvalue weighted by atomic mass is 16.6. The van der Waals surface area contributed by atoms with Gasteiger partial charge in [-0.25, -0.2) is 0 Å². The second kappa shape index (κ2) is 2.04. The van der Waals surface area contributed by atoms with E-state index >= 15 is 0 Å². The predicted octanol–water partition coefficient (Wildman–Crippen LogP) is 2.13. The fourth-order valence-electron chi connectivity index (χ4n) is 2.44. The van der Waals surface area contributed by atoms with E-state index in [1.165, 1.54) is 0 Å². The van der Waals surface area contributed by atoms with E-state index in [4.69, 9.17) is 4.74 Å². The van der Waals surface area contributed by atoms with Crippen LogP contribution in [0.5, 0.6) is 0 Å². The number of hydrogen-bond donors (Lipinski definition) is 0. The van der Waals surface area contributed by atoms with Gasteiger partial charge in [-0.05, 0) is 46.0 Å². The molecule has 2 atom stereocenters. The van der Waals surface area contributed by atoms with Gasteiger partial charge in [-0.3, -0.25) is 4.79 Å². The van der Waals surface area contributed by atoms with Gasteiger partial charge in [0.15, 0.2) is 0 Å². The van der Waals surface area contributed by atoms with Crippen molar-refractivity contribution in [2.24, 2.45) is 11.3 Å². The Morgan fingerprint density at radius 3 is 2.75 bits per heavy atom. The molecular formula is C10H16O2. The molecule has 2 aliphatic rings. The molecule has 0 N–H and O–H groups in total. The lowest BCUT2D eigenvalue weighted by Crippen LogP contribution is -2.44. The zero-order valence-corrected chi connectivity index (χ0v) is 8.02. The van der Waals surface area contributed by atoms with Gasteiger partial charge in [0, 0.05) is 0 Å². The molecule has 0 aromatic carbocycles. The quantitative estimate of drug-likeness (QED) is 0.518. The Hall–Kier alpha value is -0.530. The van der Waals surface area contributed by atoms with Crippen LogP contribution in [0.1, 0.15) is 40.0 Å². The van der Waals surface area contributed by atoms with Crippen LogP contribution in [0.2, 0.25) is 0 Å². The zero-order valence-electron chi connectivity index (χ0n) is 8.02. The lowest BCUT2D eigenvalue weighted by molar-refractivity contribution is -0.179. The SMILES string of the molecule is CC12CCC(C1)C(C)(C)C(=O)O2. The third kappa shape index (κ3) is 0.900. The Balaban J connectivity index is 2.32. The molecule has 2 nitrogen and oxygen atoms in total. The average Bonchev–Trinajstić information content (AvgIpc) is 2.28. The van der Waals surface area contributed by atoms with E-state index in [0.29, 0.717) is 5.92 Å². The van der Waals surface area contributed by atoms with E-state index in [-0.39, 0.29) is 17.0 Å². The fraction of sp³-hybridized carbons (Fsp3) is 0.900. The van der Waals surface area contributed by atoms with Crippen molar-refractivity contribution in [3.8, 4) is 0 Å². The van der Waals surface area contributed by atoms with Crippen molar-refractivity contribution < 1.29 is 9.53 Å². The summed E-state index contributed by atoms with van der Waals surface area (Å²) in [7, 11) is 0. The zero-order chi connectivity index (χ0) is 8.98. The average molecular weight is 168 g/mol. The van der Waals surface area contributed by atoms with E-state index in [0.717, 1.165) is 19.3 Å². The summed E-state index contributed by atoms with van der Waals surface area (Å²) < 4.78 is 5.44. The number of fused-ring (bicyclic) bond motifs is 2. The standard InChI is InChI=1S/C10H16O2/c1-9(2)7-4-5-10(3,6-7)12-8(9)11/h7H,4-6H2,1-3H3. The minimum Gasteiger partial charge on any atom is -0.459 e. The van der Waals surface area contributed by atoms with Crippen LogP contribution in [0.3, 0.4) is 0 Å². The Kier molecular flexibility index (Phi) is 1.37. The monoisotopic (exact) mass is 168 g/mol. The molecule has 1 saturated carbocycles. The van der Waals surface area contributed by atoms with Crippen molar-refractivity contribution in [3.63, 3.8) is 0 Å². The van der Waals surface area contributed by atoms with Gasteiger partial charge in [0.05, 0.1) is 5.41 Å². The van der Waals surface area contributed by atoms with Gasteiger partial charge in [0.2, 0.25) is 0 Å². The van der Waals surface area contributed by atoms with Crippen molar-refractivity contribution in [2.75, 3.05) is 0 Å². The lowest BCUT2D eigenvalue weighted by Gasteiger charge is -2.38. The first-order valence-electron chi connectivity index (χ1n) is 4.67. The Morgan fingerprint density at radius 1 is 1.42 bits per heavy atom. The molecule has 0 aromatic heterocycles. The summed E-state index contributed by atoms with van der Waals surface area (Å²) in [5.74, 6) is 0.544. The normalized spacial score (nSPS) is 44.2.